The first-order valence-corrected chi connectivity index (χ1v) is 7.06. The van der Waals surface area contributed by atoms with Crippen LogP contribution in [0.1, 0.15) is 5.56 Å². The van der Waals surface area contributed by atoms with Crippen LogP contribution in [0.15, 0.2) is 36.7 Å². The van der Waals surface area contributed by atoms with Gasteiger partial charge in [-0.2, -0.15) is 0 Å². The molecule has 120 valence electrons. The van der Waals surface area contributed by atoms with Crippen LogP contribution in [0, 0.1) is 0 Å². The van der Waals surface area contributed by atoms with Crippen LogP contribution >= 0.6 is 11.6 Å². The Balaban J connectivity index is 2.06. The molecule has 8 heteroatoms. The zero-order valence-corrected chi connectivity index (χ0v) is 13.2. The molecule has 2 amide bonds. The minimum atomic E-state index is -0.975. The average molecular weight is 335 g/mol. The number of ether oxygens (including phenoxy) is 1. The molecule has 0 radical (unpaired) electrons. The lowest BCUT2D eigenvalue weighted by molar-refractivity contribution is -0.133. The molecule has 0 aliphatic rings. The Labute approximate surface area is 138 Å². The van der Waals surface area contributed by atoms with E-state index in [1.54, 1.807) is 19.4 Å². The van der Waals surface area contributed by atoms with Crippen molar-refractivity contribution in [3.05, 3.63) is 47.5 Å². The van der Waals surface area contributed by atoms with Gasteiger partial charge in [-0.05, 0) is 28.8 Å². The lowest BCUT2D eigenvalue weighted by atomic mass is 10.1. The predicted molar refractivity (Wildman–Crippen MR) is 84.5 cm³/mol. The van der Waals surface area contributed by atoms with Gasteiger partial charge in [-0.3, -0.25) is 4.79 Å². The second kappa shape index (κ2) is 7.55. The Hall–Kier alpha value is -2.67. The highest BCUT2D eigenvalue weighted by molar-refractivity contribution is 6.28. The van der Waals surface area contributed by atoms with Crippen LogP contribution in [-0.2, 0) is 16.1 Å². The van der Waals surface area contributed by atoms with Crippen molar-refractivity contribution in [1.29, 1.82) is 0 Å². The number of nitrogens with zero attached hydrogens (tertiary/aromatic N) is 3. The van der Waals surface area contributed by atoms with Crippen LogP contribution < -0.4 is 5.73 Å². The highest BCUT2D eigenvalue weighted by Gasteiger charge is 2.11. The maximum absolute atomic E-state index is 11.8. The van der Waals surface area contributed by atoms with Crippen molar-refractivity contribution in [3.63, 3.8) is 0 Å². The fraction of sp³-hybridized carbons (Fsp3) is 0.200. The number of hydrogen-bond acceptors (Lipinski definition) is 5. The summed E-state index contributed by atoms with van der Waals surface area (Å²) < 4.78 is 4.49. The third kappa shape index (κ3) is 4.93. The summed E-state index contributed by atoms with van der Waals surface area (Å²) in [5, 5.41) is 0.185. The van der Waals surface area contributed by atoms with Gasteiger partial charge >= 0.3 is 6.09 Å². The van der Waals surface area contributed by atoms with Crippen LogP contribution in [0.5, 0.6) is 0 Å². The van der Waals surface area contributed by atoms with Gasteiger partial charge in [-0.25, -0.2) is 14.8 Å². The van der Waals surface area contributed by atoms with E-state index in [1.165, 1.54) is 4.90 Å². The van der Waals surface area contributed by atoms with Crippen molar-refractivity contribution in [2.24, 2.45) is 5.73 Å². The summed E-state index contributed by atoms with van der Waals surface area (Å²) >= 11 is 5.67. The highest BCUT2D eigenvalue weighted by Crippen LogP contribution is 2.20. The topological polar surface area (TPSA) is 98.4 Å². The van der Waals surface area contributed by atoms with Gasteiger partial charge < -0.3 is 15.4 Å². The van der Waals surface area contributed by atoms with Gasteiger partial charge in [0.25, 0.3) is 5.91 Å². The van der Waals surface area contributed by atoms with E-state index in [9.17, 15) is 9.59 Å². The number of nitrogens with two attached hydrogens (primary N) is 1. The molecule has 0 saturated carbocycles. The first-order valence-electron chi connectivity index (χ1n) is 6.69. The van der Waals surface area contributed by atoms with Gasteiger partial charge in [0.2, 0.25) is 5.28 Å². The monoisotopic (exact) mass is 334 g/mol. The maximum Gasteiger partial charge on any atom is 0.405 e. The highest BCUT2D eigenvalue weighted by atomic mass is 35.5. The number of benzene rings is 1. The standard InChI is InChI=1S/C15H15ClN4O3/c1-20(13(21)9-23-15(17)22)8-10-3-2-4-11(5-10)12-6-18-14(16)19-7-12/h2-7H,8-9H2,1H3,(H2,17,22). The minimum Gasteiger partial charge on any atom is -0.440 e. The number of hydrogen-bond donors (Lipinski definition) is 1. The van der Waals surface area contributed by atoms with E-state index < -0.39 is 6.09 Å². The van der Waals surface area contributed by atoms with Crippen molar-refractivity contribution >= 4 is 23.6 Å². The van der Waals surface area contributed by atoms with Crippen molar-refractivity contribution in [1.82, 2.24) is 14.9 Å². The summed E-state index contributed by atoms with van der Waals surface area (Å²) in [5.74, 6) is -0.343. The fourth-order valence-electron chi connectivity index (χ4n) is 1.92. The summed E-state index contributed by atoms with van der Waals surface area (Å²) in [4.78, 5) is 31.7. The van der Waals surface area contributed by atoms with E-state index in [0.29, 0.717) is 6.54 Å². The van der Waals surface area contributed by atoms with Gasteiger partial charge in [0.05, 0.1) is 0 Å². The molecule has 7 nitrogen and oxygen atoms in total. The van der Waals surface area contributed by atoms with Crippen LogP contribution in [0.25, 0.3) is 11.1 Å². The number of primary amides is 1. The average Bonchev–Trinajstić information content (AvgIpc) is 2.53. The van der Waals surface area contributed by atoms with Crippen molar-refractivity contribution in [2.75, 3.05) is 13.7 Å². The van der Waals surface area contributed by atoms with Gasteiger partial charge in [0.1, 0.15) is 0 Å². The minimum absolute atomic E-state index is 0.185. The first kappa shape index (κ1) is 16.7. The Morgan fingerprint density at radius 2 is 1.96 bits per heavy atom. The second-order valence-corrected chi connectivity index (χ2v) is 5.14. The molecule has 2 N–H and O–H groups in total. The zero-order chi connectivity index (χ0) is 16.8. The number of carbonyl (C=O) groups excluding carboxylic acids is 2. The van der Waals surface area contributed by atoms with E-state index in [-0.39, 0.29) is 17.8 Å². The molecule has 2 rings (SSSR count). The summed E-state index contributed by atoms with van der Waals surface area (Å²) in [6, 6.07) is 7.59. The van der Waals surface area contributed by atoms with E-state index in [0.717, 1.165) is 16.7 Å². The Morgan fingerprint density at radius 3 is 2.61 bits per heavy atom. The predicted octanol–water partition coefficient (Wildman–Crippen LogP) is 1.85. The second-order valence-electron chi connectivity index (χ2n) is 4.80. The zero-order valence-electron chi connectivity index (χ0n) is 12.4. The van der Waals surface area contributed by atoms with Gasteiger partial charge in [-0.1, -0.05) is 18.2 Å². The molecule has 1 aromatic carbocycles. The molecular formula is C15H15ClN4O3. The molecule has 23 heavy (non-hydrogen) atoms. The molecule has 0 aliphatic carbocycles. The van der Waals surface area contributed by atoms with E-state index in [1.807, 2.05) is 24.3 Å². The molecular weight excluding hydrogens is 320 g/mol. The Kier molecular flexibility index (Phi) is 5.48. The van der Waals surface area contributed by atoms with Crippen LogP contribution in [0.4, 0.5) is 4.79 Å². The fourth-order valence-corrected chi connectivity index (χ4v) is 2.01. The van der Waals surface area contributed by atoms with Crippen molar-refractivity contribution in [3.8, 4) is 11.1 Å². The van der Waals surface area contributed by atoms with Crippen molar-refractivity contribution < 1.29 is 14.3 Å². The number of carbonyl (C=O) groups is 2. The molecule has 0 aliphatic heterocycles. The molecule has 0 bridgehead atoms. The van der Waals surface area contributed by atoms with Crippen molar-refractivity contribution in [2.45, 2.75) is 6.54 Å². The number of amides is 2. The molecule has 0 atom stereocenters. The molecule has 0 unspecified atom stereocenters. The molecule has 0 saturated heterocycles. The molecule has 2 aromatic rings. The molecule has 1 heterocycles. The van der Waals surface area contributed by atoms with Crippen LogP contribution in [0.2, 0.25) is 5.28 Å². The quantitative estimate of drug-likeness (QED) is 0.841. The SMILES string of the molecule is CN(Cc1cccc(-c2cnc(Cl)nc2)c1)C(=O)COC(N)=O. The summed E-state index contributed by atoms with van der Waals surface area (Å²) in [5.41, 5.74) is 7.48. The molecule has 1 aromatic heterocycles. The Morgan fingerprint density at radius 1 is 1.26 bits per heavy atom. The van der Waals surface area contributed by atoms with Crippen LogP contribution in [-0.4, -0.2) is 40.5 Å². The molecule has 0 spiro atoms. The third-order valence-electron chi connectivity index (χ3n) is 3.06. The van der Waals surface area contributed by atoms with E-state index in [4.69, 9.17) is 17.3 Å². The smallest absolute Gasteiger partial charge is 0.405 e. The van der Waals surface area contributed by atoms with Crippen LogP contribution in [0.3, 0.4) is 0 Å². The first-order chi connectivity index (χ1) is 11.0. The third-order valence-corrected chi connectivity index (χ3v) is 3.26. The number of halogens is 1. The van der Waals surface area contributed by atoms with E-state index in [2.05, 4.69) is 14.7 Å². The number of likely N-dealkylation sites (N-methyl/N-ethyl adjacent to an activating group) is 1. The van der Waals surface area contributed by atoms with E-state index >= 15 is 0 Å². The Bertz CT molecular complexity index is 706. The lowest BCUT2D eigenvalue weighted by Gasteiger charge is -2.17. The molecule has 0 fully saturated rings. The summed E-state index contributed by atoms with van der Waals surface area (Å²) in [6.07, 6.45) is 2.28. The summed E-state index contributed by atoms with van der Waals surface area (Å²) in [6.45, 7) is -0.0141. The number of aromatic nitrogens is 2. The van der Waals surface area contributed by atoms with Gasteiger partial charge in [0.15, 0.2) is 6.61 Å². The normalized spacial score (nSPS) is 10.2. The van der Waals surface area contributed by atoms with Gasteiger partial charge in [0, 0.05) is 31.5 Å². The largest absolute Gasteiger partial charge is 0.440 e. The number of rotatable bonds is 5. The summed E-state index contributed by atoms with van der Waals surface area (Å²) in [7, 11) is 1.62. The maximum atomic E-state index is 11.8. The van der Waals surface area contributed by atoms with Gasteiger partial charge in [-0.15, -0.1) is 0 Å². The lowest BCUT2D eigenvalue weighted by Crippen LogP contribution is -2.31.